The van der Waals surface area contributed by atoms with Crippen LogP contribution in [0.3, 0.4) is 0 Å². The fourth-order valence-corrected chi connectivity index (χ4v) is 2.50. The largest absolute Gasteiger partial charge is 0.378 e. The maximum atomic E-state index is 10.7. The molecule has 0 saturated carbocycles. The minimum atomic E-state index is -0.393. The van der Waals surface area contributed by atoms with E-state index in [1.54, 1.807) is 23.7 Å². The number of nitrogens with two attached hydrogens (primary N) is 1. The van der Waals surface area contributed by atoms with E-state index in [1.807, 2.05) is 0 Å². The Balaban J connectivity index is 1.89. The predicted octanol–water partition coefficient (Wildman–Crippen LogP) is 1.60. The number of carbonyl (C=O) groups is 1. The van der Waals surface area contributed by atoms with E-state index in [1.165, 1.54) is 14.4 Å². The molecule has 5 nitrogen and oxygen atoms in total. The minimum Gasteiger partial charge on any atom is -0.378 e. The molecule has 0 aliphatic rings. The van der Waals surface area contributed by atoms with Crippen LogP contribution in [0.15, 0.2) is 24.5 Å². The first-order valence-electron chi connectivity index (χ1n) is 5.79. The van der Waals surface area contributed by atoms with Crippen LogP contribution in [-0.2, 0) is 24.3 Å². The molecular weight excluding hydrogens is 248 g/mol. The summed E-state index contributed by atoms with van der Waals surface area (Å²) in [6, 6.07) is 4.28. The number of hydrogen-bond acceptors (Lipinski definition) is 4. The zero-order chi connectivity index (χ0) is 13.0. The molecule has 0 bridgehead atoms. The van der Waals surface area contributed by atoms with Gasteiger partial charge in [0, 0.05) is 22.5 Å². The molecule has 6 heteroatoms. The van der Waals surface area contributed by atoms with Crippen molar-refractivity contribution >= 4 is 22.9 Å². The van der Waals surface area contributed by atoms with E-state index in [0.717, 1.165) is 18.7 Å². The molecule has 18 heavy (non-hydrogen) atoms. The van der Waals surface area contributed by atoms with Crippen molar-refractivity contribution in [1.82, 2.24) is 9.78 Å². The number of nitrogens with zero attached hydrogens (tertiary/aromatic N) is 2. The quantitative estimate of drug-likeness (QED) is 0.832. The lowest BCUT2D eigenvalue weighted by atomic mass is 10.3. The molecule has 0 aliphatic heterocycles. The van der Waals surface area contributed by atoms with E-state index in [-0.39, 0.29) is 6.54 Å². The molecule has 3 N–H and O–H groups in total. The molecule has 0 aliphatic carbocycles. The van der Waals surface area contributed by atoms with Crippen LogP contribution in [-0.4, -0.2) is 15.7 Å². The van der Waals surface area contributed by atoms with Crippen molar-refractivity contribution in [3.8, 4) is 0 Å². The average molecular weight is 264 g/mol. The number of hydrogen-bond donors (Lipinski definition) is 2. The van der Waals surface area contributed by atoms with Crippen LogP contribution in [0.4, 0.5) is 5.69 Å². The molecule has 96 valence electrons. The zero-order valence-corrected chi connectivity index (χ0v) is 11.0. The first-order chi connectivity index (χ1) is 8.67. The molecule has 2 aromatic rings. The Morgan fingerprint density at radius 3 is 2.94 bits per heavy atom. The van der Waals surface area contributed by atoms with Crippen molar-refractivity contribution < 1.29 is 4.79 Å². The molecule has 0 fully saturated rings. The van der Waals surface area contributed by atoms with E-state index in [2.05, 4.69) is 29.5 Å². The van der Waals surface area contributed by atoms with Gasteiger partial charge in [-0.2, -0.15) is 5.10 Å². The smallest absolute Gasteiger partial charge is 0.239 e. The van der Waals surface area contributed by atoms with Crippen LogP contribution in [0.25, 0.3) is 0 Å². The molecular formula is C12H16N4OS. The molecule has 2 aromatic heterocycles. The summed E-state index contributed by atoms with van der Waals surface area (Å²) in [7, 11) is 0. The number of rotatable bonds is 6. The van der Waals surface area contributed by atoms with Gasteiger partial charge in [-0.1, -0.05) is 6.92 Å². The third-order valence-corrected chi connectivity index (χ3v) is 3.71. The summed E-state index contributed by atoms with van der Waals surface area (Å²) in [6.07, 6.45) is 4.54. The lowest BCUT2D eigenvalue weighted by molar-refractivity contribution is -0.118. The first-order valence-corrected chi connectivity index (χ1v) is 6.61. The number of amides is 1. The van der Waals surface area contributed by atoms with Gasteiger partial charge >= 0.3 is 0 Å². The van der Waals surface area contributed by atoms with E-state index in [0.29, 0.717) is 0 Å². The fraction of sp³-hybridized carbons (Fsp3) is 0.333. The van der Waals surface area contributed by atoms with Gasteiger partial charge in [0.05, 0.1) is 11.9 Å². The van der Waals surface area contributed by atoms with Crippen molar-refractivity contribution in [2.24, 2.45) is 5.73 Å². The van der Waals surface area contributed by atoms with Crippen molar-refractivity contribution in [3.63, 3.8) is 0 Å². The summed E-state index contributed by atoms with van der Waals surface area (Å²) < 4.78 is 1.52. The Morgan fingerprint density at radius 1 is 1.50 bits per heavy atom. The van der Waals surface area contributed by atoms with E-state index in [9.17, 15) is 4.79 Å². The Labute approximate surface area is 110 Å². The summed E-state index contributed by atoms with van der Waals surface area (Å²) in [5, 5.41) is 7.31. The van der Waals surface area contributed by atoms with Crippen LogP contribution in [0, 0.1) is 0 Å². The third kappa shape index (κ3) is 3.33. The normalized spacial score (nSPS) is 10.5. The topological polar surface area (TPSA) is 72.9 Å². The Morgan fingerprint density at radius 2 is 2.28 bits per heavy atom. The molecule has 0 aromatic carbocycles. The molecule has 0 unspecified atom stereocenters. The predicted molar refractivity (Wildman–Crippen MR) is 72.4 cm³/mol. The Kier molecular flexibility index (Phi) is 3.99. The van der Waals surface area contributed by atoms with Crippen molar-refractivity contribution in [2.45, 2.75) is 26.4 Å². The molecule has 0 saturated heterocycles. The molecule has 0 spiro atoms. The maximum absolute atomic E-state index is 10.7. The van der Waals surface area contributed by atoms with Crippen LogP contribution in [0.5, 0.6) is 0 Å². The van der Waals surface area contributed by atoms with Crippen molar-refractivity contribution in [1.29, 1.82) is 0 Å². The second-order valence-corrected chi connectivity index (χ2v) is 5.22. The number of aryl methyl sites for hydroxylation is 1. The van der Waals surface area contributed by atoms with Gasteiger partial charge in [-0.3, -0.25) is 9.48 Å². The average Bonchev–Trinajstić information content (AvgIpc) is 2.94. The standard InChI is InChI=1S/C12H16N4OS/c1-2-10-3-4-11(18-10)6-14-9-5-15-16(7-9)8-12(13)17/h3-5,7,14H,2,6,8H2,1H3,(H2,13,17). The van der Waals surface area contributed by atoms with Crippen LogP contribution < -0.4 is 11.1 Å². The highest BCUT2D eigenvalue weighted by Gasteiger charge is 2.02. The van der Waals surface area contributed by atoms with Gasteiger partial charge in [0.25, 0.3) is 0 Å². The van der Waals surface area contributed by atoms with Gasteiger partial charge in [-0.05, 0) is 18.6 Å². The monoisotopic (exact) mass is 264 g/mol. The summed E-state index contributed by atoms with van der Waals surface area (Å²) in [5.74, 6) is -0.393. The van der Waals surface area contributed by atoms with Crippen LogP contribution >= 0.6 is 11.3 Å². The fourth-order valence-electron chi connectivity index (χ4n) is 1.60. The number of primary amides is 1. The van der Waals surface area contributed by atoms with E-state index in [4.69, 9.17) is 5.73 Å². The summed E-state index contributed by atoms with van der Waals surface area (Å²) in [4.78, 5) is 13.4. The van der Waals surface area contributed by atoms with E-state index >= 15 is 0 Å². The van der Waals surface area contributed by atoms with Gasteiger partial charge in [-0.25, -0.2) is 0 Å². The van der Waals surface area contributed by atoms with Gasteiger partial charge in [0.2, 0.25) is 5.91 Å². The van der Waals surface area contributed by atoms with Crippen LogP contribution in [0.2, 0.25) is 0 Å². The summed E-state index contributed by atoms with van der Waals surface area (Å²) in [6.45, 7) is 3.03. The molecule has 0 radical (unpaired) electrons. The highest BCUT2D eigenvalue weighted by molar-refractivity contribution is 7.12. The van der Waals surface area contributed by atoms with Crippen molar-refractivity contribution in [2.75, 3.05) is 5.32 Å². The summed E-state index contributed by atoms with van der Waals surface area (Å²) >= 11 is 1.81. The lowest BCUT2D eigenvalue weighted by Gasteiger charge is -2.00. The second kappa shape index (κ2) is 5.68. The number of thiophene rings is 1. The first kappa shape index (κ1) is 12.6. The highest BCUT2D eigenvalue weighted by Crippen LogP contribution is 2.18. The Hall–Kier alpha value is -1.82. The third-order valence-electron chi connectivity index (χ3n) is 2.48. The van der Waals surface area contributed by atoms with Gasteiger partial charge in [-0.15, -0.1) is 11.3 Å². The molecule has 2 heterocycles. The van der Waals surface area contributed by atoms with Crippen LogP contribution in [0.1, 0.15) is 16.7 Å². The van der Waals surface area contributed by atoms with Gasteiger partial charge in [0.1, 0.15) is 6.54 Å². The second-order valence-electron chi connectivity index (χ2n) is 3.97. The molecule has 2 rings (SSSR count). The van der Waals surface area contributed by atoms with Gasteiger partial charge in [0.15, 0.2) is 0 Å². The highest BCUT2D eigenvalue weighted by atomic mass is 32.1. The lowest BCUT2D eigenvalue weighted by Crippen LogP contribution is -2.18. The zero-order valence-electron chi connectivity index (χ0n) is 10.2. The van der Waals surface area contributed by atoms with Crippen molar-refractivity contribution in [3.05, 3.63) is 34.3 Å². The van der Waals surface area contributed by atoms with Gasteiger partial charge < -0.3 is 11.1 Å². The number of carbonyl (C=O) groups excluding carboxylic acids is 1. The number of aromatic nitrogens is 2. The minimum absolute atomic E-state index is 0.112. The number of nitrogens with one attached hydrogen (secondary N) is 1. The molecule has 1 amide bonds. The summed E-state index contributed by atoms with van der Waals surface area (Å²) in [5.41, 5.74) is 5.99. The SMILES string of the molecule is CCc1ccc(CNc2cnn(CC(N)=O)c2)s1. The number of anilines is 1. The Bertz CT molecular complexity index is 532. The molecule has 0 atom stereocenters. The van der Waals surface area contributed by atoms with E-state index < -0.39 is 5.91 Å². The maximum Gasteiger partial charge on any atom is 0.239 e.